The average Bonchev–Trinajstić information content (AvgIpc) is 3.29. The molecule has 36 heavy (non-hydrogen) atoms. The maximum atomic E-state index is 13.5. The second-order valence-corrected chi connectivity index (χ2v) is 8.26. The molecule has 1 aliphatic rings. The van der Waals surface area contributed by atoms with Crippen molar-refractivity contribution in [2.75, 3.05) is 0 Å². The highest BCUT2D eigenvalue weighted by Crippen LogP contribution is 2.30. The molecule has 1 aliphatic heterocycles. The van der Waals surface area contributed by atoms with Crippen molar-refractivity contribution in [3.05, 3.63) is 103 Å². The van der Waals surface area contributed by atoms with Crippen LogP contribution in [0.25, 0.3) is 11.4 Å². The summed E-state index contributed by atoms with van der Waals surface area (Å²) in [4.78, 5) is 79.5. The molecule has 1 saturated heterocycles. The SMILES string of the molecule is CC1(C)OC(=O)C(n2[nH]c(=O)n(-c3ccccc3)c2=O)(n2[nH]c(=O)n(-c3ccccc3)c2=O)C(=O)O1. The number of esters is 2. The lowest BCUT2D eigenvalue weighted by atomic mass is 10.1. The summed E-state index contributed by atoms with van der Waals surface area (Å²) in [6, 6.07) is 15.3. The van der Waals surface area contributed by atoms with Crippen molar-refractivity contribution < 1.29 is 19.1 Å². The van der Waals surface area contributed by atoms with Crippen molar-refractivity contribution in [1.82, 2.24) is 28.7 Å². The molecular formula is C22H18N6O8. The summed E-state index contributed by atoms with van der Waals surface area (Å²) < 4.78 is 12.3. The van der Waals surface area contributed by atoms with Crippen LogP contribution >= 0.6 is 0 Å². The molecule has 0 radical (unpaired) electrons. The average molecular weight is 494 g/mol. The number of H-pyrrole nitrogens is 2. The van der Waals surface area contributed by atoms with E-state index in [1.54, 1.807) is 36.4 Å². The molecule has 2 aromatic carbocycles. The normalized spacial score (nSPS) is 16.4. The van der Waals surface area contributed by atoms with Crippen molar-refractivity contribution in [3.8, 4) is 11.4 Å². The Kier molecular flexibility index (Phi) is 4.84. The second kappa shape index (κ2) is 7.69. The number of nitrogens with one attached hydrogen (secondary N) is 2. The highest BCUT2D eigenvalue weighted by Gasteiger charge is 2.63. The van der Waals surface area contributed by atoms with E-state index >= 15 is 0 Å². The van der Waals surface area contributed by atoms with Gasteiger partial charge in [-0.05, 0) is 24.3 Å². The Morgan fingerprint density at radius 3 is 1.33 bits per heavy atom. The molecule has 0 bridgehead atoms. The number of cyclic esters (lactones) is 2. The Morgan fingerprint density at radius 1 is 0.611 bits per heavy atom. The van der Waals surface area contributed by atoms with Gasteiger partial charge < -0.3 is 9.47 Å². The summed E-state index contributed by atoms with van der Waals surface area (Å²) in [7, 11) is 0. The zero-order chi connectivity index (χ0) is 25.8. The number of hydrogen-bond donors (Lipinski definition) is 2. The highest BCUT2D eigenvalue weighted by atomic mass is 16.7. The predicted octanol–water partition coefficient (Wildman–Crippen LogP) is -0.995. The Hall–Kier alpha value is -5.14. The Labute approximate surface area is 199 Å². The van der Waals surface area contributed by atoms with Gasteiger partial charge in [-0.2, -0.15) is 9.36 Å². The fourth-order valence-corrected chi connectivity index (χ4v) is 3.97. The molecule has 1 fully saturated rings. The summed E-state index contributed by atoms with van der Waals surface area (Å²) in [5, 5.41) is 4.25. The Morgan fingerprint density at radius 2 is 0.972 bits per heavy atom. The first kappa shape index (κ1) is 22.6. The lowest BCUT2D eigenvalue weighted by molar-refractivity contribution is -0.253. The van der Waals surface area contributed by atoms with Crippen LogP contribution in [0.4, 0.5) is 0 Å². The van der Waals surface area contributed by atoms with E-state index in [1.165, 1.54) is 38.1 Å². The van der Waals surface area contributed by atoms with Crippen molar-refractivity contribution >= 4 is 11.9 Å². The molecule has 4 aromatic rings. The van der Waals surface area contributed by atoms with E-state index in [0.717, 1.165) is 0 Å². The number of benzene rings is 2. The van der Waals surface area contributed by atoms with Gasteiger partial charge in [0.15, 0.2) is 0 Å². The largest absolute Gasteiger partial charge is 0.419 e. The monoisotopic (exact) mass is 494 g/mol. The summed E-state index contributed by atoms with van der Waals surface area (Å²) >= 11 is 0. The smallest absolute Gasteiger partial charge is 0.372 e. The van der Waals surface area contributed by atoms with Crippen molar-refractivity contribution in [2.45, 2.75) is 25.3 Å². The minimum atomic E-state index is -3.07. The number of aromatic amines is 2. The van der Waals surface area contributed by atoms with Crippen LogP contribution < -0.4 is 22.8 Å². The molecule has 2 aromatic heterocycles. The maximum Gasteiger partial charge on any atom is 0.372 e. The molecule has 0 unspecified atom stereocenters. The number of hydrogen-bond acceptors (Lipinski definition) is 8. The highest BCUT2D eigenvalue weighted by molar-refractivity contribution is 6.03. The summed E-state index contributed by atoms with van der Waals surface area (Å²) in [5.74, 6) is -4.66. The third kappa shape index (κ3) is 3.11. The molecule has 0 saturated carbocycles. The van der Waals surface area contributed by atoms with Gasteiger partial charge in [0.1, 0.15) is 0 Å². The van der Waals surface area contributed by atoms with Gasteiger partial charge >= 0.3 is 40.4 Å². The number of nitrogens with zero attached hydrogens (tertiary/aromatic N) is 4. The first-order chi connectivity index (χ1) is 17.1. The third-order valence-corrected chi connectivity index (χ3v) is 5.51. The molecule has 184 valence electrons. The van der Waals surface area contributed by atoms with Crippen LogP contribution in [0, 0.1) is 0 Å². The van der Waals surface area contributed by atoms with Crippen LogP contribution in [-0.4, -0.2) is 46.4 Å². The molecule has 0 amide bonds. The van der Waals surface area contributed by atoms with E-state index in [-0.39, 0.29) is 11.4 Å². The van der Waals surface area contributed by atoms with Gasteiger partial charge in [-0.15, -0.1) is 0 Å². The standard InChI is InChI=1S/C22H18N6O8/c1-21(2)35-15(29)22(16(30)36-21,27-19(33)25(17(31)23-27)13-9-5-3-6-10-13)28-20(34)26(18(32)24-28)14-11-7-4-8-12-14/h3-12H,1-2H3,(H,23,31)(H,24,32). The van der Waals surface area contributed by atoms with Crippen LogP contribution in [0.3, 0.4) is 0 Å². The molecule has 0 aliphatic carbocycles. The number of rotatable bonds is 4. The molecule has 14 nitrogen and oxygen atoms in total. The molecular weight excluding hydrogens is 476 g/mol. The molecule has 5 rings (SSSR count). The van der Waals surface area contributed by atoms with Gasteiger partial charge in [0.2, 0.25) is 0 Å². The number of carbonyl (C=O) groups is 2. The van der Waals surface area contributed by atoms with E-state index < -0.39 is 46.1 Å². The topological polar surface area (TPSA) is 172 Å². The lowest BCUT2D eigenvalue weighted by Crippen LogP contribution is -2.68. The number of para-hydroxylation sites is 2. The number of aromatic nitrogens is 6. The Bertz CT molecular complexity index is 1610. The van der Waals surface area contributed by atoms with Crippen LogP contribution in [0.2, 0.25) is 0 Å². The predicted molar refractivity (Wildman–Crippen MR) is 121 cm³/mol. The van der Waals surface area contributed by atoms with E-state index in [4.69, 9.17) is 9.47 Å². The van der Waals surface area contributed by atoms with Gasteiger partial charge in [0.05, 0.1) is 11.4 Å². The van der Waals surface area contributed by atoms with Gasteiger partial charge in [-0.1, -0.05) is 36.4 Å². The second-order valence-electron chi connectivity index (χ2n) is 8.26. The summed E-state index contributed by atoms with van der Waals surface area (Å²) in [6.45, 7) is 2.52. The van der Waals surface area contributed by atoms with E-state index in [2.05, 4.69) is 10.2 Å². The maximum absolute atomic E-state index is 13.5. The minimum absolute atomic E-state index is 0.109. The Balaban J connectivity index is 1.86. The first-order valence-corrected chi connectivity index (χ1v) is 10.5. The lowest BCUT2D eigenvalue weighted by Gasteiger charge is -2.39. The van der Waals surface area contributed by atoms with Crippen molar-refractivity contribution in [1.29, 1.82) is 0 Å². The van der Waals surface area contributed by atoms with Crippen LogP contribution in [0.15, 0.2) is 79.8 Å². The van der Waals surface area contributed by atoms with Crippen molar-refractivity contribution in [2.24, 2.45) is 0 Å². The zero-order valence-electron chi connectivity index (χ0n) is 18.8. The molecule has 0 atom stereocenters. The first-order valence-electron chi connectivity index (χ1n) is 10.5. The number of ether oxygens (including phenoxy) is 2. The summed E-state index contributed by atoms with van der Waals surface area (Å²) in [5.41, 5.74) is -7.33. The van der Waals surface area contributed by atoms with E-state index in [0.29, 0.717) is 18.5 Å². The van der Waals surface area contributed by atoms with Crippen LogP contribution in [0.5, 0.6) is 0 Å². The van der Waals surface area contributed by atoms with Gasteiger partial charge in [-0.3, -0.25) is 0 Å². The third-order valence-electron chi connectivity index (χ3n) is 5.51. The quantitative estimate of drug-likeness (QED) is 0.269. The molecule has 2 N–H and O–H groups in total. The molecule has 0 spiro atoms. The van der Waals surface area contributed by atoms with Crippen LogP contribution in [0.1, 0.15) is 13.8 Å². The fraction of sp³-hybridized carbons (Fsp3) is 0.182. The summed E-state index contributed by atoms with van der Waals surface area (Å²) in [6.07, 6.45) is 0. The number of carbonyl (C=O) groups excluding carboxylic acids is 2. The van der Waals surface area contributed by atoms with Gasteiger partial charge in [-0.25, -0.2) is 48.1 Å². The molecule has 3 heterocycles. The van der Waals surface area contributed by atoms with E-state index in [1.807, 2.05) is 0 Å². The minimum Gasteiger partial charge on any atom is -0.419 e. The van der Waals surface area contributed by atoms with Crippen LogP contribution in [-0.2, 0) is 24.7 Å². The van der Waals surface area contributed by atoms with Gasteiger partial charge in [0, 0.05) is 13.8 Å². The molecule has 14 heteroatoms. The zero-order valence-corrected chi connectivity index (χ0v) is 18.8. The van der Waals surface area contributed by atoms with Crippen molar-refractivity contribution in [3.63, 3.8) is 0 Å². The van der Waals surface area contributed by atoms with E-state index in [9.17, 15) is 28.8 Å². The van der Waals surface area contributed by atoms with Gasteiger partial charge in [0.25, 0.3) is 5.79 Å². The fourth-order valence-electron chi connectivity index (χ4n) is 3.97.